The summed E-state index contributed by atoms with van der Waals surface area (Å²) in [5.41, 5.74) is 2.85. The number of esters is 1. The molecule has 0 saturated carbocycles. The number of ether oxygens (including phenoxy) is 2. The van der Waals surface area contributed by atoms with Gasteiger partial charge in [0.2, 0.25) is 0 Å². The van der Waals surface area contributed by atoms with Gasteiger partial charge in [-0.2, -0.15) is 5.26 Å². The van der Waals surface area contributed by atoms with Gasteiger partial charge in [0.1, 0.15) is 5.75 Å². The maximum Gasteiger partial charge on any atom is 0.344 e. The zero-order valence-corrected chi connectivity index (χ0v) is 15.5. The first-order valence-electron chi connectivity index (χ1n) is 8.59. The number of aryl methyl sites for hydroxylation is 2. The number of nitriles is 1. The van der Waals surface area contributed by atoms with Crippen LogP contribution in [0.15, 0.2) is 48.5 Å². The molecule has 2 rings (SSSR count). The lowest BCUT2D eigenvalue weighted by Crippen LogP contribution is -2.36. The van der Waals surface area contributed by atoms with Crippen LogP contribution in [0.25, 0.3) is 0 Å². The Morgan fingerprint density at radius 2 is 1.78 bits per heavy atom. The van der Waals surface area contributed by atoms with Crippen LogP contribution in [0.3, 0.4) is 0 Å². The van der Waals surface area contributed by atoms with Gasteiger partial charge in [0.25, 0.3) is 5.91 Å². The van der Waals surface area contributed by atoms with E-state index in [9.17, 15) is 9.59 Å². The molecular formula is C21H22N2O4. The van der Waals surface area contributed by atoms with Crippen molar-refractivity contribution in [2.24, 2.45) is 0 Å². The van der Waals surface area contributed by atoms with Gasteiger partial charge in [0.15, 0.2) is 13.2 Å². The van der Waals surface area contributed by atoms with Crippen LogP contribution >= 0.6 is 0 Å². The number of rotatable bonds is 8. The van der Waals surface area contributed by atoms with E-state index in [4.69, 9.17) is 14.7 Å². The molecule has 0 aliphatic carbocycles. The molecule has 0 spiro atoms. The zero-order chi connectivity index (χ0) is 19.6. The van der Waals surface area contributed by atoms with Gasteiger partial charge >= 0.3 is 5.97 Å². The first kappa shape index (κ1) is 20.0. The molecule has 0 fully saturated rings. The average molecular weight is 366 g/mol. The van der Waals surface area contributed by atoms with Crippen LogP contribution in [-0.4, -0.2) is 31.6 Å². The van der Waals surface area contributed by atoms with E-state index in [1.54, 1.807) is 30.3 Å². The van der Waals surface area contributed by atoms with E-state index in [1.165, 1.54) is 4.90 Å². The van der Waals surface area contributed by atoms with Gasteiger partial charge in [0, 0.05) is 12.2 Å². The maximum absolute atomic E-state index is 12.4. The smallest absolute Gasteiger partial charge is 0.344 e. The van der Waals surface area contributed by atoms with Crippen LogP contribution in [0, 0.1) is 25.2 Å². The van der Waals surface area contributed by atoms with E-state index < -0.39 is 18.5 Å². The van der Waals surface area contributed by atoms with E-state index in [0.29, 0.717) is 11.4 Å². The van der Waals surface area contributed by atoms with Crippen LogP contribution in [0.2, 0.25) is 0 Å². The standard InChI is InChI=1S/C21H22N2O4/c1-16-9-10-19(13-17(16)2)26-15-21(25)27-14-20(24)23(12-6-11-22)18-7-4-3-5-8-18/h3-5,7-10,13H,6,12,14-15H2,1-2H3. The Bertz CT molecular complexity index is 828. The van der Waals surface area contributed by atoms with E-state index in [2.05, 4.69) is 0 Å². The predicted octanol–water partition coefficient (Wildman–Crippen LogP) is 3.17. The molecule has 0 atom stereocenters. The summed E-state index contributed by atoms with van der Waals surface area (Å²) in [6.07, 6.45) is 0.185. The number of hydrogen-bond donors (Lipinski definition) is 0. The molecule has 27 heavy (non-hydrogen) atoms. The number of carbonyl (C=O) groups is 2. The molecular weight excluding hydrogens is 344 g/mol. The molecule has 0 aliphatic heterocycles. The Hall–Kier alpha value is -3.33. The normalized spacial score (nSPS) is 9.96. The lowest BCUT2D eigenvalue weighted by molar-refractivity contribution is -0.149. The molecule has 2 aromatic rings. The highest BCUT2D eigenvalue weighted by Gasteiger charge is 2.17. The highest BCUT2D eigenvalue weighted by atomic mass is 16.6. The van der Waals surface area contributed by atoms with Crippen molar-refractivity contribution < 1.29 is 19.1 Å². The van der Waals surface area contributed by atoms with Crippen LogP contribution in [0.4, 0.5) is 5.69 Å². The van der Waals surface area contributed by atoms with Gasteiger partial charge in [-0.05, 0) is 49.2 Å². The third-order valence-electron chi connectivity index (χ3n) is 4.01. The fourth-order valence-electron chi connectivity index (χ4n) is 2.38. The second kappa shape index (κ2) is 9.97. The van der Waals surface area contributed by atoms with Gasteiger partial charge in [-0.3, -0.25) is 4.79 Å². The topological polar surface area (TPSA) is 79.6 Å². The summed E-state index contributed by atoms with van der Waals surface area (Å²) in [4.78, 5) is 25.7. The molecule has 140 valence electrons. The van der Waals surface area contributed by atoms with Gasteiger partial charge < -0.3 is 14.4 Å². The molecule has 0 aromatic heterocycles. The molecule has 0 saturated heterocycles. The molecule has 6 nitrogen and oxygen atoms in total. The van der Waals surface area contributed by atoms with Crippen molar-refractivity contribution in [2.75, 3.05) is 24.7 Å². The molecule has 0 aliphatic rings. The molecule has 2 aromatic carbocycles. The first-order valence-corrected chi connectivity index (χ1v) is 8.59. The average Bonchev–Trinajstić information content (AvgIpc) is 2.68. The lowest BCUT2D eigenvalue weighted by atomic mass is 10.1. The summed E-state index contributed by atoms with van der Waals surface area (Å²) in [7, 11) is 0. The fourth-order valence-corrected chi connectivity index (χ4v) is 2.38. The quantitative estimate of drug-likeness (QED) is 0.671. The van der Waals surface area contributed by atoms with Crippen LogP contribution in [-0.2, 0) is 14.3 Å². The number of benzene rings is 2. The van der Waals surface area contributed by atoms with Crippen LogP contribution in [0.1, 0.15) is 17.5 Å². The Balaban J connectivity index is 1.87. The third-order valence-corrected chi connectivity index (χ3v) is 4.01. The summed E-state index contributed by atoms with van der Waals surface area (Å²) >= 11 is 0. The van der Waals surface area contributed by atoms with Crippen molar-refractivity contribution in [3.05, 3.63) is 59.7 Å². The van der Waals surface area contributed by atoms with Crippen LogP contribution < -0.4 is 9.64 Å². The minimum atomic E-state index is -0.630. The number of amides is 1. The number of hydrogen-bond acceptors (Lipinski definition) is 5. The molecule has 6 heteroatoms. The summed E-state index contributed by atoms with van der Waals surface area (Å²) in [6.45, 7) is 3.49. The second-order valence-corrected chi connectivity index (χ2v) is 5.98. The van der Waals surface area contributed by atoms with Crippen molar-refractivity contribution >= 4 is 17.6 Å². The largest absolute Gasteiger partial charge is 0.482 e. The molecule has 0 radical (unpaired) electrons. The van der Waals surface area contributed by atoms with E-state index >= 15 is 0 Å². The summed E-state index contributed by atoms with van der Waals surface area (Å²) in [5, 5.41) is 8.79. The Kier molecular flexibility index (Phi) is 7.38. The summed E-state index contributed by atoms with van der Waals surface area (Å²) in [6, 6.07) is 16.5. The Morgan fingerprint density at radius 3 is 2.44 bits per heavy atom. The molecule has 0 heterocycles. The van der Waals surface area contributed by atoms with Crippen molar-refractivity contribution in [1.29, 1.82) is 5.26 Å². The predicted molar refractivity (Wildman–Crippen MR) is 101 cm³/mol. The SMILES string of the molecule is Cc1ccc(OCC(=O)OCC(=O)N(CCC#N)c2ccccc2)cc1C. The summed E-state index contributed by atoms with van der Waals surface area (Å²) in [5.74, 6) is -0.452. The van der Waals surface area contributed by atoms with E-state index in [-0.39, 0.29) is 19.6 Å². The number of carbonyl (C=O) groups excluding carboxylic acids is 2. The minimum Gasteiger partial charge on any atom is -0.482 e. The zero-order valence-electron chi connectivity index (χ0n) is 15.5. The molecule has 0 N–H and O–H groups in total. The van der Waals surface area contributed by atoms with Gasteiger partial charge in [-0.15, -0.1) is 0 Å². The number of anilines is 1. The molecule has 1 amide bonds. The number of nitrogens with zero attached hydrogens (tertiary/aromatic N) is 2. The highest BCUT2D eigenvalue weighted by molar-refractivity contribution is 5.95. The number of para-hydroxylation sites is 1. The van der Waals surface area contributed by atoms with E-state index in [0.717, 1.165) is 11.1 Å². The van der Waals surface area contributed by atoms with E-state index in [1.807, 2.05) is 38.1 Å². The third kappa shape index (κ3) is 6.15. The monoisotopic (exact) mass is 366 g/mol. The Morgan fingerprint density at radius 1 is 1.04 bits per heavy atom. The van der Waals surface area contributed by atoms with Crippen molar-refractivity contribution in [1.82, 2.24) is 0 Å². The fraction of sp³-hybridized carbons (Fsp3) is 0.286. The van der Waals surface area contributed by atoms with Gasteiger partial charge in [-0.1, -0.05) is 24.3 Å². The van der Waals surface area contributed by atoms with Crippen molar-refractivity contribution in [2.45, 2.75) is 20.3 Å². The highest BCUT2D eigenvalue weighted by Crippen LogP contribution is 2.16. The first-order chi connectivity index (χ1) is 13.0. The van der Waals surface area contributed by atoms with Crippen molar-refractivity contribution in [3.8, 4) is 11.8 Å². The summed E-state index contributed by atoms with van der Waals surface area (Å²) < 4.78 is 10.4. The minimum absolute atomic E-state index is 0.185. The maximum atomic E-state index is 12.4. The second-order valence-electron chi connectivity index (χ2n) is 5.98. The van der Waals surface area contributed by atoms with Crippen molar-refractivity contribution in [3.63, 3.8) is 0 Å². The molecule has 0 bridgehead atoms. The lowest BCUT2D eigenvalue weighted by Gasteiger charge is -2.21. The van der Waals surface area contributed by atoms with Crippen LogP contribution in [0.5, 0.6) is 5.75 Å². The Labute approximate surface area is 158 Å². The van der Waals surface area contributed by atoms with Gasteiger partial charge in [-0.25, -0.2) is 4.79 Å². The van der Waals surface area contributed by atoms with Gasteiger partial charge in [0.05, 0.1) is 12.5 Å². The molecule has 0 unspecified atom stereocenters.